The fourth-order valence-corrected chi connectivity index (χ4v) is 2.17. The summed E-state index contributed by atoms with van der Waals surface area (Å²) in [6.07, 6.45) is 1.53. The third-order valence-electron chi connectivity index (χ3n) is 2.64. The van der Waals surface area contributed by atoms with E-state index in [4.69, 9.17) is 9.47 Å². The van der Waals surface area contributed by atoms with Gasteiger partial charge in [0.25, 0.3) is 0 Å². The molecule has 0 aromatic heterocycles. The van der Waals surface area contributed by atoms with Gasteiger partial charge in [0.1, 0.15) is 0 Å². The van der Waals surface area contributed by atoms with Crippen molar-refractivity contribution in [3.05, 3.63) is 21.2 Å². The Morgan fingerprint density at radius 3 is 2.24 bits per heavy atom. The summed E-state index contributed by atoms with van der Waals surface area (Å²) >= 11 is 3.50. The van der Waals surface area contributed by atoms with E-state index in [1.807, 2.05) is 13.8 Å². The molecule has 17 heavy (non-hydrogen) atoms. The minimum Gasteiger partial charge on any atom is -0.493 e. The Labute approximate surface area is 109 Å². The molecule has 0 fully saturated rings. The fraction of sp³-hybridized carbons (Fsp3) is 0.417. The van der Waals surface area contributed by atoms with Gasteiger partial charge in [-0.15, -0.1) is 0 Å². The Morgan fingerprint density at radius 2 is 1.76 bits per heavy atom. The van der Waals surface area contributed by atoms with Crippen LogP contribution in [-0.2, 0) is 11.3 Å². The van der Waals surface area contributed by atoms with Gasteiger partial charge in [-0.05, 0) is 19.4 Å². The van der Waals surface area contributed by atoms with Gasteiger partial charge in [-0.1, -0.05) is 15.9 Å². The van der Waals surface area contributed by atoms with E-state index in [-0.39, 0.29) is 6.54 Å². The standard InChI is InChI=1S/C12H14BrNO3/c1-7-9(5-14-6-15)12(17-4)11(16-3)8(2)10(7)13/h5H2,1-4H3. The molecule has 0 spiro atoms. The van der Waals surface area contributed by atoms with E-state index in [1.165, 1.54) is 6.08 Å². The molecule has 1 aromatic rings. The van der Waals surface area contributed by atoms with E-state index >= 15 is 0 Å². The van der Waals surface area contributed by atoms with Crippen molar-refractivity contribution < 1.29 is 14.3 Å². The largest absolute Gasteiger partial charge is 0.493 e. The number of nitrogens with zero attached hydrogens (tertiary/aromatic N) is 1. The van der Waals surface area contributed by atoms with Crippen LogP contribution in [0, 0.1) is 13.8 Å². The topological polar surface area (TPSA) is 47.9 Å². The molecule has 0 saturated carbocycles. The summed E-state index contributed by atoms with van der Waals surface area (Å²) in [5.74, 6) is 1.27. The van der Waals surface area contributed by atoms with Crippen LogP contribution in [0.4, 0.5) is 0 Å². The molecular weight excluding hydrogens is 286 g/mol. The number of methoxy groups -OCH3 is 2. The highest BCUT2D eigenvalue weighted by Gasteiger charge is 2.19. The lowest BCUT2D eigenvalue weighted by Crippen LogP contribution is -2.02. The Balaban J connectivity index is 3.55. The zero-order valence-corrected chi connectivity index (χ0v) is 11.8. The van der Waals surface area contributed by atoms with Gasteiger partial charge in [0, 0.05) is 15.6 Å². The number of hydrogen-bond acceptors (Lipinski definition) is 4. The van der Waals surface area contributed by atoms with Crippen LogP contribution in [0.1, 0.15) is 16.7 Å². The Hall–Kier alpha value is -1.32. The minimum absolute atomic E-state index is 0.230. The van der Waals surface area contributed by atoms with Gasteiger partial charge in [0.05, 0.1) is 20.8 Å². The first-order chi connectivity index (χ1) is 8.08. The van der Waals surface area contributed by atoms with Gasteiger partial charge in [-0.25, -0.2) is 9.79 Å². The average Bonchev–Trinajstić information content (AvgIpc) is 2.34. The molecule has 0 bridgehead atoms. The summed E-state index contributed by atoms with van der Waals surface area (Å²) in [5.41, 5.74) is 2.77. The molecule has 4 nitrogen and oxygen atoms in total. The van der Waals surface area contributed by atoms with Crippen LogP contribution >= 0.6 is 15.9 Å². The molecule has 0 saturated heterocycles. The molecule has 1 rings (SSSR count). The van der Waals surface area contributed by atoms with Crippen LogP contribution in [0.2, 0.25) is 0 Å². The number of benzene rings is 1. The molecule has 5 heteroatoms. The van der Waals surface area contributed by atoms with Gasteiger partial charge in [0.2, 0.25) is 6.08 Å². The highest BCUT2D eigenvalue weighted by Crippen LogP contribution is 2.42. The van der Waals surface area contributed by atoms with Crippen molar-refractivity contribution >= 4 is 22.0 Å². The Morgan fingerprint density at radius 1 is 1.18 bits per heavy atom. The summed E-state index contributed by atoms with van der Waals surface area (Å²) in [6.45, 7) is 4.10. The summed E-state index contributed by atoms with van der Waals surface area (Å²) in [4.78, 5) is 13.8. The second-order valence-electron chi connectivity index (χ2n) is 3.52. The maximum Gasteiger partial charge on any atom is 0.235 e. The molecule has 0 atom stereocenters. The molecule has 0 heterocycles. The van der Waals surface area contributed by atoms with Gasteiger partial charge < -0.3 is 9.47 Å². The Kier molecular flexibility index (Phi) is 4.73. The first-order valence-corrected chi connectivity index (χ1v) is 5.80. The van der Waals surface area contributed by atoms with Gasteiger partial charge in [0.15, 0.2) is 11.5 Å². The van der Waals surface area contributed by atoms with Gasteiger partial charge in [-0.3, -0.25) is 0 Å². The Bertz CT molecular complexity index is 479. The molecule has 0 radical (unpaired) electrons. The molecule has 0 aliphatic heterocycles. The van der Waals surface area contributed by atoms with E-state index in [0.717, 1.165) is 21.2 Å². The predicted molar refractivity (Wildman–Crippen MR) is 68.5 cm³/mol. The van der Waals surface area contributed by atoms with Crippen LogP contribution in [0.15, 0.2) is 9.47 Å². The van der Waals surface area contributed by atoms with E-state index in [9.17, 15) is 4.79 Å². The number of rotatable bonds is 4. The summed E-state index contributed by atoms with van der Waals surface area (Å²) in [5, 5.41) is 0. The van der Waals surface area contributed by atoms with Gasteiger partial charge >= 0.3 is 0 Å². The molecule has 1 aromatic carbocycles. The average molecular weight is 300 g/mol. The second-order valence-corrected chi connectivity index (χ2v) is 4.31. The molecule has 0 unspecified atom stereocenters. The highest BCUT2D eigenvalue weighted by atomic mass is 79.9. The van der Waals surface area contributed by atoms with Crippen molar-refractivity contribution in [2.45, 2.75) is 20.4 Å². The SMILES string of the molecule is COc1c(C)c(Br)c(C)c(CN=C=O)c1OC. The first-order valence-electron chi connectivity index (χ1n) is 5.01. The number of aliphatic imine (C=N–C) groups is 1. The zero-order chi connectivity index (χ0) is 13.0. The highest BCUT2D eigenvalue weighted by molar-refractivity contribution is 9.10. The maximum absolute atomic E-state index is 10.2. The van der Waals surface area contributed by atoms with Crippen LogP contribution < -0.4 is 9.47 Å². The van der Waals surface area contributed by atoms with E-state index in [1.54, 1.807) is 14.2 Å². The van der Waals surface area contributed by atoms with E-state index in [0.29, 0.717) is 11.5 Å². The van der Waals surface area contributed by atoms with Crippen molar-refractivity contribution in [2.24, 2.45) is 4.99 Å². The van der Waals surface area contributed by atoms with Crippen LogP contribution in [0.25, 0.3) is 0 Å². The monoisotopic (exact) mass is 299 g/mol. The second kappa shape index (κ2) is 5.84. The van der Waals surface area contributed by atoms with Crippen LogP contribution in [0.3, 0.4) is 0 Å². The molecule has 0 aliphatic carbocycles. The predicted octanol–water partition coefficient (Wildman–Crippen LogP) is 2.92. The summed E-state index contributed by atoms with van der Waals surface area (Å²) < 4.78 is 11.6. The smallest absolute Gasteiger partial charge is 0.235 e. The summed E-state index contributed by atoms with van der Waals surface area (Å²) in [7, 11) is 3.15. The fourth-order valence-electron chi connectivity index (χ4n) is 1.75. The maximum atomic E-state index is 10.2. The number of isocyanates is 1. The quantitative estimate of drug-likeness (QED) is 0.634. The third-order valence-corrected chi connectivity index (χ3v) is 3.83. The van der Waals surface area contributed by atoms with Crippen molar-refractivity contribution in [2.75, 3.05) is 14.2 Å². The normalized spacial score (nSPS) is 9.71. The lowest BCUT2D eigenvalue weighted by Gasteiger charge is -2.18. The molecule has 0 aliphatic rings. The molecule has 0 N–H and O–H groups in total. The zero-order valence-electron chi connectivity index (χ0n) is 10.3. The summed E-state index contributed by atoms with van der Waals surface area (Å²) in [6, 6.07) is 0. The molecular formula is C12H14BrNO3. The number of ether oxygens (including phenoxy) is 2. The van der Waals surface area contributed by atoms with Crippen molar-refractivity contribution in [1.82, 2.24) is 0 Å². The van der Waals surface area contributed by atoms with E-state index < -0.39 is 0 Å². The van der Waals surface area contributed by atoms with Crippen LogP contribution in [0.5, 0.6) is 11.5 Å². The molecule has 0 amide bonds. The lowest BCUT2D eigenvalue weighted by molar-refractivity contribution is 0.349. The number of halogens is 1. The van der Waals surface area contributed by atoms with Crippen molar-refractivity contribution in [1.29, 1.82) is 0 Å². The van der Waals surface area contributed by atoms with Crippen LogP contribution in [-0.4, -0.2) is 20.3 Å². The minimum atomic E-state index is 0.230. The van der Waals surface area contributed by atoms with Gasteiger partial charge in [-0.2, -0.15) is 0 Å². The van der Waals surface area contributed by atoms with Crippen molar-refractivity contribution in [3.63, 3.8) is 0 Å². The number of carbonyl (C=O) groups excluding carboxylic acids is 1. The molecule has 92 valence electrons. The third kappa shape index (κ3) is 2.51. The first kappa shape index (κ1) is 13.7. The van der Waals surface area contributed by atoms with E-state index in [2.05, 4.69) is 20.9 Å². The van der Waals surface area contributed by atoms with Crippen molar-refractivity contribution in [3.8, 4) is 11.5 Å². The lowest BCUT2D eigenvalue weighted by atomic mass is 10.0. The number of hydrogen-bond donors (Lipinski definition) is 0.